The van der Waals surface area contributed by atoms with Gasteiger partial charge in [-0.2, -0.15) is 22.0 Å². The molecule has 0 fully saturated rings. The summed E-state index contributed by atoms with van der Waals surface area (Å²) in [7, 11) is 0. The summed E-state index contributed by atoms with van der Waals surface area (Å²) in [6.45, 7) is 4.17. The lowest BCUT2D eigenvalue weighted by atomic mass is 9.77. The number of halogens is 5. The summed E-state index contributed by atoms with van der Waals surface area (Å²) in [5, 5.41) is 13.3. The van der Waals surface area contributed by atoms with E-state index in [2.05, 4.69) is 25.7 Å². The fraction of sp³-hybridized carbons (Fsp3) is 0.393. The molecule has 5 N–H and O–H groups in total. The molecule has 15 heteroatoms. The maximum atomic E-state index is 13.7. The molecule has 3 aromatic rings. The van der Waals surface area contributed by atoms with Gasteiger partial charge in [-0.3, -0.25) is 14.6 Å². The molecule has 0 saturated heterocycles. The molecule has 0 aliphatic carbocycles. The minimum Gasteiger partial charge on any atom is -0.481 e. The molecule has 1 amide bonds. The molecule has 2 aromatic heterocycles. The number of aliphatic carboxylic acids is 1. The third-order valence-electron chi connectivity index (χ3n) is 7.89. The zero-order chi connectivity index (χ0) is 31.5. The van der Waals surface area contributed by atoms with Crippen LogP contribution in [0.5, 0.6) is 0 Å². The van der Waals surface area contributed by atoms with Gasteiger partial charge in [-0.15, -0.1) is 0 Å². The van der Waals surface area contributed by atoms with Gasteiger partial charge in [0, 0.05) is 24.7 Å². The number of carboxylic acids is 1. The molecule has 4 heterocycles. The average molecular weight is 606 g/mol. The van der Waals surface area contributed by atoms with E-state index in [0.29, 0.717) is 16.7 Å². The van der Waals surface area contributed by atoms with E-state index in [0.717, 1.165) is 10.6 Å². The van der Waals surface area contributed by atoms with Gasteiger partial charge in [-0.05, 0) is 44.4 Å². The van der Waals surface area contributed by atoms with Gasteiger partial charge in [-0.1, -0.05) is 30.3 Å². The Labute approximate surface area is 242 Å². The second kappa shape index (κ2) is 10.1. The van der Waals surface area contributed by atoms with Crippen molar-refractivity contribution in [3.63, 3.8) is 0 Å². The van der Waals surface area contributed by atoms with Gasteiger partial charge in [0.15, 0.2) is 5.82 Å². The highest BCUT2D eigenvalue weighted by Gasteiger charge is 2.57. The Morgan fingerprint density at radius 3 is 2.42 bits per heavy atom. The fourth-order valence-electron chi connectivity index (χ4n) is 5.28. The van der Waals surface area contributed by atoms with E-state index in [9.17, 15) is 36.6 Å². The number of nitrogens with two attached hydrogens (primary N) is 1. The average Bonchev–Trinajstić information content (AvgIpc) is 3.42. The fourth-order valence-corrected chi connectivity index (χ4v) is 5.28. The van der Waals surface area contributed by atoms with Crippen molar-refractivity contribution >= 4 is 29.3 Å². The van der Waals surface area contributed by atoms with Crippen molar-refractivity contribution in [2.75, 3.05) is 22.6 Å². The number of hydrogen-bond acceptors (Lipinski definition) is 8. The number of aromatic nitrogens is 3. The number of alkyl halides is 5. The number of benzene rings is 1. The first-order valence-corrected chi connectivity index (χ1v) is 13.2. The van der Waals surface area contributed by atoms with Gasteiger partial charge in [-0.25, -0.2) is 20.4 Å². The van der Waals surface area contributed by atoms with Crippen LogP contribution in [0.3, 0.4) is 0 Å². The highest BCUT2D eigenvalue weighted by molar-refractivity contribution is 6.08. The molecule has 2 aliphatic heterocycles. The van der Waals surface area contributed by atoms with Crippen LogP contribution in [0.1, 0.15) is 61.3 Å². The Hall–Kier alpha value is -4.40. The monoisotopic (exact) mass is 605 g/mol. The molecule has 1 aromatic carbocycles. The molecular weight excluding hydrogens is 577 g/mol. The molecule has 5 rings (SSSR count). The van der Waals surface area contributed by atoms with Crippen LogP contribution in [0.25, 0.3) is 0 Å². The number of carboxylic acid groups (broad SMARTS) is 1. The first-order valence-electron chi connectivity index (χ1n) is 13.2. The van der Waals surface area contributed by atoms with Gasteiger partial charge in [0.1, 0.15) is 28.9 Å². The molecule has 0 radical (unpaired) electrons. The van der Waals surface area contributed by atoms with Crippen molar-refractivity contribution in [1.29, 1.82) is 0 Å². The SMILES string of the molecule is CC(C)(Cc1ccc(C2(C)C(=O)Nc3nc([C@@H]4NN(CCC(F)(F)C(F)(F)F)c5ncccc54)nc(N)c32)cc1)C(=O)O. The first-order chi connectivity index (χ1) is 20.0. The Kier molecular flexibility index (Phi) is 7.07. The second-order valence-electron chi connectivity index (χ2n) is 11.4. The first kappa shape index (κ1) is 30.1. The van der Waals surface area contributed by atoms with Crippen LogP contribution in [-0.4, -0.2) is 50.6 Å². The lowest BCUT2D eigenvalue weighted by molar-refractivity contribution is -0.283. The Morgan fingerprint density at radius 1 is 1.12 bits per heavy atom. The number of hydrogen-bond donors (Lipinski definition) is 4. The van der Waals surface area contributed by atoms with E-state index in [1.165, 1.54) is 6.20 Å². The molecule has 0 spiro atoms. The van der Waals surface area contributed by atoms with Crippen LogP contribution in [0.15, 0.2) is 42.6 Å². The largest absolute Gasteiger partial charge is 0.481 e. The Morgan fingerprint density at radius 2 is 1.79 bits per heavy atom. The topological polar surface area (TPSA) is 146 Å². The van der Waals surface area contributed by atoms with Crippen molar-refractivity contribution < 1.29 is 36.6 Å². The highest BCUT2D eigenvalue weighted by atomic mass is 19.4. The number of nitrogens with zero attached hydrogens (tertiary/aromatic N) is 4. The predicted octanol–water partition coefficient (Wildman–Crippen LogP) is 4.37. The van der Waals surface area contributed by atoms with Crippen LogP contribution in [-0.2, 0) is 21.4 Å². The minimum absolute atomic E-state index is 0.0359. The lowest BCUT2D eigenvalue weighted by Crippen LogP contribution is -2.43. The van der Waals surface area contributed by atoms with Crippen LogP contribution in [0.2, 0.25) is 0 Å². The summed E-state index contributed by atoms with van der Waals surface area (Å²) in [6.07, 6.45) is -5.57. The molecule has 0 saturated carbocycles. The van der Waals surface area contributed by atoms with Crippen LogP contribution < -0.4 is 21.5 Å². The van der Waals surface area contributed by atoms with Crippen LogP contribution >= 0.6 is 0 Å². The molecule has 10 nitrogen and oxygen atoms in total. The Balaban J connectivity index is 1.44. The minimum atomic E-state index is -5.70. The van der Waals surface area contributed by atoms with Gasteiger partial charge < -0.3 is 16.2 Å². The zero-order valence-electron chi connectivity index (χ0n) is 23.3. The summed E-state index contributed by atoms with van der Waals surface area (Å²) >= 11 is 0. The van der Waals surface area contributed by atoms with Crippen molar-refractivity contribution in [3.05, 3.63) is 70.7 Å². The molecule has 2 aliphatic rings. The number of carbonyl (C=O) groups excluding carboxylic acids is 1. The van der Waals surface area contributed by atoms with Crippen LogP contribution in [0, 0.1) is 5.41 Å². The molecule has 2 atom stereocenters. The van der Waals surface area contributed by atoms with E-state index < -0.39 is 53.8 Å². The Bertz CT molecular complexity index is 1600. The number of pyridine rings is 1. The molecular formula is C28H28F5N7O3. The second-order valence-corrected chi connectivity index (χ2v) is 11.4. The van der Waals surface area contributed by atoms with E-state index in [-0.39, 0.29) is 29.7 Å². The maximum Gasteiger partial charge on any atom is 0.453 e. The van der Waals surface area contributed by atoms with Crippen molar-refractivity contribution in [2.24, 2.45) is 5.41 Å². The van der Waals surface area contributed by atoms with E-state index in [4.69, 9.17) is 5.73 Å². The van der Waals surface area contributed by atoms with Crippen LogP contribution in [0.4, 0.5) is 39.4 Å². The number of anilines is 3. The highest BCUT2D eigenvalue weighted by Crippen LogP contribution is 2.46. The normalized spacial score (nSPS) is 20.1. The number of rotatable bonds is 8. The smallest absolute Gasteiger partial charge is 0.453 e. The number of carbonyl (C=O) groups is 2. The van der Waals surface area contributed by atoms with Crippen molar-refractivity contribution in [2.45, 2.75) is 57.2 Å². The number of nitrogen functional groups attached to an aromatic ring is 1. The molecule has 0 bridgehead atoms. The predicted molar refractivity (Wildman–Crippen MR) is 145 cm³/mol. The van der Waals surface area contributed by atoms with Gasteiger partial charge >= 0.3 is 18.1 Å². The summed E-state index contributed by atoms with van der Waals surface area (Å²) in [6, 6.07) is 9.17. The standard InChI is InChI=1S/C28H28F5N7O3/c1-25(2,24(42)43)13-14-6-8-15(9-7-14)26(3)17-19(34)36-21(37-20(17)38-23(26)41)18-16-5-4-11-35-22(16)40(39-18)12-10-27(29,30)28(31,32)33/h4-9,11,18,39H,10,12-13H2,1-3H3,(H,42,43)(H3,34,36,37,38,41)/t18-,26?/m1/s1. The molecule has 1 unspecified atom stereocenters. The van der Waals surface area contributed by atoms with E-state index in [1.54, 1.807) is 57.2 Å². The molecule has 228 valence electrons. The quantitative estimate of drug-likeness (QED) is 0.275. The zero-order valence-corrected chi connectivity index (χ0v) is 23.3. The van der Waals surface area contributed by atoms with Crippen molar-refractivity contribution in [1.82, 2.24) is 20.4 Å². The third kappa shape index (κ3) is 5.11. The van der Waals surface area contributed by atoms with E-state index >= 15 is 0 Å². The lowest BCUT2D eigenvalue weighted by Gasteiger charge is -2.25. The number of amides is 1. The number of nitrogens with one attached hydrogen (secondary N) is 2. The summed E-state index contributed by atoms with van der Waals surface area (Å²) in [5.41, 5.74) is 9.01. The maximum absolute atomic E-state index is 13.7. The van der Waals surface area contributed by atoms with Gasteiger partial charge in [0.05, 0.1) is 11.0 Å². The molecule has 43 heavy (non-hydrogen) atoms. The van der Waals surface area contributed by atoms with E-state index in [1.807, 2.05) is 0 Å². The summed E-state index contributed by atoms with van der Waals surface area (Å²) in [4.78, 5) is 37.9. The summed E-state index contributed by atoms with van der Waals surface area (Å²) < 4.78 is 65.6. The van der Waals surface area contributed by atoms with Crippen molar-refractivity contribution in [3.8, 4) is 0 Å². The van der Waals surface area contributed by atoms with Gasteiger partial charge in [0.2, 0.25) is 5.91 Å². The number of fused-ring (bicyclic) bond motifs is 2. The number of hydrazine groups is 1. The van der Waals surface area contributed by atoms with Gasteiger partial charge in [0.25, 0.3) is 0 Å². The third-order valence-corrected chi connectivity index (χ3v) is 7.89. The summed E-state index contributed by atoms with van der Waals surface area (Å²) in [5.74, 6) is -6.01.